The van der Waals surface area contributed by atoms with Crippen LogP contribution in [0.3, 0.4) is 0 Å². The highest BCUT2D eigenvalue weighted by Crippen LogP contribution is 2.34. The number of hydrogen-bond acceptors (Lipinski definition) is 6. The first-order valence-corrected chi connectivity index (χ1v) is 10.9. The van der Waals surface area contributed by atoms with Crippen molar-refractivity contribution in [3.63, 3.8) is 0 Å². The molecule has 0 N–H and O–H groups in total. The van der Waals surface area contributed by atoms with Crippen molar-refractivity contribution in [2.75, 3.05) is 12.3 Å². The van der Waals surface area contributed by atoms with E-state index in [4.69, 9.17) is 4.98 Å². The number of hydrogen-bond donors (Lipinski definition) is 0. The van der Waals surface area contributed by atoms with Crippen molar-refractivity contribution in [1.82, 2.24) is 14.5 Å². The maximum absolute atomic E-state index is 13.0. The van der Waals surface area contributed by atoms with Gasteiger partial charge in [0.25, 0.3) is 5.56 Å². The van der Waals surface area contributed by atoms with Crippen LogP contribution in [0.4, 0.5) is 0 Å². The lowest BCUT2D eigenvalue weighted by Crippen LogP contribution is -2.31. The Bertz CT molecular complexity index is 931. The van der Waals surface area contributed by atoms with Crippen molar-refractivity contribution in [3.8, 4) is 0 Å². The van der Waals surface area contributed by atoms with Crippen LogP contribution in [0.2, 0.25) is 0 Å². The Morgan fingerprint density at radius 2 is 1.81 bits per heavy atom. The fraction of sp³-hybridized carbons (Fsp3) is 0.556. The summed E-state index contributed by atoms with van der Waals surface area (Å²) in [6, 6.07) is 0. The Hall–Kier alpha value is -1.67. The van der Waals surface area contributed by atoms with Gasteiger partial charge in [0, 0.05) is 36.6 Å². The summed E-state index contributed by atoms with van der Waals surface area (Å²) in [7, 11) is 0. The maximum atomic E-state index is 13.0. The van der Waals surface area contributed by atoms with Gasteiger partial charge in [0.15, 0.2) is 5.16 Å². The van der Waals surface area contributed by atoms with Crippen molar-refractivity contribution < 1.29 is 9.59 Å². The molecule has 8 heteroatoms. The van der Waals surface area contributed by atoms with Crippen LogP contribution in [0.25, 0.3) is 10.2 Å². The van der Waals surface area contributed by atoms with Crippen LogP contribution in [-0.2, 0) is 29.0 Å². The lowest BCUT2D eigenvalue weighted by atomic mass is 9.97. The Labute approximate surface area is 159 Å². The molecule has 2 aromatic rings. The number of aryl methyl sites for hydroxylation is 2. The molecule has 1 aliphatic heterocycles. The summed E-state index contributed by atoms with van der Waals surface area (Å²) in [5, 5.41) is 1.49. The second-order valence-corrected chi connectivity index (χ2v) is 8.77. The van der Waals surface area contributed by atoms with Gasteiger partial charge in [0.2, 0.25) is 11.8 Å². The minimum atomic E-state index is -0.0992. The zero-order chi connectivity index (χ0) is 18.3. The summed E-state index contributed by atoms with van der Waals surface area (Å²) in [6.45, 7) is 2.89. The van der Waals surface area contributed by atoms with Gasteiger partial charge in [-0.3, -0.25) is 23.9 Å². The lowest BCUT2D eigenvalue weighted by Gasteiger charge is -2.14. The largest absolute Gasteiger partial charge is 0.287 e. The average molecular weight is 392 g/mol. The predicted octanol–water partition coefficient (Wildman–Crippen LogP) is 2.60. The summed E-state index contributed by atoms with van der Waals surface area (Å²) >= 11 is 3.10. The number of carbonyl (C=O) groups excluding carboxylic acids is 2. The van der Waals surface area contributed by atoms with Crippen molar-refractivity contribution in [1.29, 1.82) is 0 Å². The van der Waals surface area contributed by atoms with Gasteiger partial charge in [0.05, 0.1) is 5.39 Å². The number of nitrogens with zero attached hydrogens (tertiary/aromatic N) is 3. The van der Waals surface area contributed by atoms with E-state index in [9.17, 15) is 14.4 Å². The minimum absolute atomic E-state index is 0.0488. The second-order valence-electron chi connectivity index (χ2n) is 6.62. The van der Waals surface area contributed by atoms with Gasteiger partial charge in [-0.1, -0.05) is 11.8 Å². The molecule has 4 rings (SSSR count). The van der Waals surface area contributed by atoms with Crippen molar-refractivity contribution in [2.24, 2.45) is 0 Å². The highest BCUT2D eigenvalue weighted by molar-refractivity contribution is 7.99. The van der Waals surface area contributed by atoms with E-state index in [0.717, 1.165) is 29.5 Å². The molecular formula is C18H21N3O3S2. The van der Waals surface area contributed by atoms with Gasteiger partial charge in [-0.05, 0) is 38.2 Å². The summed E-state index contributed by atoms with van der Waals surface area (Å²) in [6.07, 6.45) is 4.97. The van der Waals surface area contributed by atoms with E-state index in [2.05, 4.69) is 0 Å². The second kappa shape index (κ2) is 7.15. The van der Waals surface area contributed by atoms with Crippen LogP contribution in [0.5, 0.6) is 0 Å². The van der Waals surface area contributed by atoms with E-state index in [1.807, 2.05) is 6.92 Å². The van der Waals surface area contributed by atoms with E-state index < -0.39 is 0 Å². The standard InChI is InChI=1S/C18H21N3O3S2/c1-2-20-17(24)15-11-5-3-4-6-12(11)26-16(15)19-18(20)25-10-9-21-13(22)7-8-14(21)23/h2-10H2,1H3. The van der Waals surface area contributed by atoms with E-state index in [1.165, 1.54) is 33.5 Å². The molecular weight excluding hydrogens is 370 g/mol. The fourth-order valence-corrected chi connectivity index (χ4v) is 6.00. The number of amides is 2. The molecule has 2 aliphatic rings. The van der Waals surface area contributed by atoms with Crippen LogP contribution in [-0.4, -0.2) is 38.6 Å². The SMILES string of the molecule is CCn1c(SCCN2C(=O)CCC2=O)nc2sc3c(c2c1=O)CCCC3. The van der Waals surface area contributed by atoms with Crippen molar-refractivity contribution in [2.45, 2.75) is 57.1 Å². The van der Waals surface area contributed by atoms with E-state index in [1.54, 1.807) is 15.9 Å². The third-order valence-corrected chi connectivity index (χ3v) is 7.20. The third kappa shape index (κ3) is 2.99. The predicted molar refractivity (Wildman–Crippen MR) is 103 cm³/mol. The Morgan fingerprint density at radius 3 is 2.54 bits per heavy atom. The number of rotatable bonds is 5. The van der Waals surface area contributed by atoms with Gasteiger partial charge in [-0.25, -0.2) is 4.98 Å². The smallest absolute Gasteiger partial charge is 0.263 e. The quantitative estimate of drug-likeness (QED) is 0.445. The Kier molecular flexibility index (Phi) is 4.88. The minimum Gasteiger partial charge on any atom is -0.287 e. The molecule has 2 amide bonds. The fourth-order valence-electron chi connectivity index (χ4n) is 3.71. The normalized spacial score (nSPS) is 17.3. The van der Waals surface area contributed by atoms with Crippen molar-refractivity contribution >= 4 is 45.1 Å². The highest BCUT2D eigenvalue weighted by Gasteiger charge is 2.28. The lowest BCUT2D eigenvalue weighted by molar-refractivity contribution is -0.137. The molecule has 0 saturated carbocycles. The molecule has 0 spiro atoms. The van der Waals surface area contributed by atoms with E-state index in [0.29, 0.717) is 36.8 Å². The van der Waals surface area contributed by atoms with Crippen LogP contribution in [0, 0.1) is 0 Å². The number of thioether (sulfide) groups is 1. The van der Waals surface area contributed by atoms with Crippen LogP contribution in [0.15, 0.2) is 9.95 Å². The zero-order valence-electron chi connectivity index (χ0n) is 14.7. The topological polar surface area (TPSA) is 72.3 Å². The molecule has 2 aromatic heterocycles. The van der Waals surface area contributed by atoms with Crippen molar-refractivity contribution in [3.05, 3.63) is 20.8 Å². The molecule has 0 atom stereocenters. The maximum Gasteiger partial charge on any atom is 0.263 e. The molecule has 138 valence electrons. The summed E-state index contributed by atoms with van der Waals surface area (Å²) in [5.41, 5.74) is 1.26. The molecule has 0 bridgehead atoms. The molecule has 0 aromatic carbocycles. The first kappa shape index (κ1) is 17.7. The molecule has 6 nitrogen and oxygen atoms in total. The molecule has 0 unspecified atom stereocenters. The monoisotopic (exact) mass is 391 g/mol. The zero-order valence-corrected chi connectivity index (χ0v) is 16.4. The first-order chi connectivity index (χ1) is 12.6. The summed E-state index contributed by atoms with van der Waals surface area (Å²) in [5.74, 6) is 0.358. The third-order valence-electron chi connectivity index (χ3n) is 5.06. The highest BCUT2D eigenvalue weighted by atomic mass is 32.2. The van der Waals surface area contributed by atoms with Gasteiger partial charge < -0.3 is 0 Å². The molecule has 1 fully saturated rings. The van der Waals surface area contributed by atoms with Crippen LogP contribution < -0.4 is 5.56 Å². The van der Waals surface area contributed by atoms with Gasteiger partial charge in [-0.15, -0.1) is 11.3 Å². The molecule has 3 heterocycles. The molecule has 0 radical (unpaired) electrons. The number of carbonyl (C=O) groups is 2. The number of thiophene rings is 1. The molecule has 1 aliphatic carbocycles. The Balaban J connectivity index is 1.61. The van der Waals surface area contributed by atoms with E-state index in [-0.39, 0.29) is 17.4 Å². The number of imide groups is 1. The molecule has 1 saturated heterocycles. The average Bonchev–Trinajstić information content (AvgIpc) is 3.16. The number of fused-ring (bicyclic) bond motifs is 3. The number of likely N-dealkylation sites (tertiary alicyclic amines) is 1. The number of aromatic nitrogens is 2. The van der Waals surface area contributed by atoms with Gasteiger partial charge in [-0.2, -0.15) is 0 Å². The first-order valence-electron chi connectivity index (χ1n) is 9.11. The Morgan fingerprint density at radius 1 is 1.08 bits per heavy atom. The van der Waals surface area contributed by atoms with Crippen LogP contribution >= 0.6 is 23.1 Å². The van der Waals surface area contributed by atoms with Gasteiger partial charge in [0.1, 0.15) is 4.83 Å². The van der Waals surface area contributed by atoms with Gasteiger partial charge >= 0.3 is 0 Å². The molecule has 26 heavy (non-hydrogen) atoms. The van der Waals surface area contributed by atoms with Crippen LogP contribution in [0.1, 0.15) is 43.0 Å². The summed E-state index contributed by atoms with van der Waals surface area (Å²) < 4.78 is 1.72. The summed E-state index contributed by atoms with van der Waals surface area (Å²) in [4.78, 5) is 44.7. The van der Waals surface area contributed by atoms with E-state index >= 15 is 0 Å².